The molecule has 0 radical (unpaired) electrons. The minimum atomic E-state index is -1.15. The normalized spacial score (nSPS) is 10.7. The van der Waals surface area contributed by atoms with E-state index < -0.39 is 17.5 Å². The van der Waals surface area contributed by atoms with Gasteiger partial charge in [0, 0.05) is 18.7 Å². The number of nitrogens with one attached hydrogen (secondary N) is 1. The highest BCUT2D eigenvalue weighted by Gasteiger charge is 2.10. The zero-order valence-corrected chi connectivity index (χ0v) is 10.7. The second-order valence-electron chi connectivity index (χ2n) is 4.44. The molecule has 18 heavy (non-hydrogen) atoms. The molecule has 0 aliphatic carbocycles. The molecule has 0 fully saturated rings. The summed E-state index contributed by atoms with van der Waals surface area (Å²) in [6.45, 7) is 2.69. The van der Waals surface area contributed by atoms with Crippen LogP contribution in [-0.4, -0.2) is 6.54 Å². The molecule has 0 aromatic heterocycles. The quantitative estimate of drug-likeness (QED) is 0.518. The van der Waals surface area contributed by atoms with Gasteiger partial charge in [-0.05, 0) is 6.42 Å². The zero-order chi connectivity index (χ0) is 13.4. The lowest BCUT2D eigenvalue weighted by atomic mass is 10.1. The van der Waals surface area contributed by atoms with Crippen molar-refractivity contribution >= 4 is 5.69 Å². The summed E-state index contributed by atoms with van der Waals surface area (Å²) in [6.07, 6.45) is 6.71. The molecule has 0 heterocycles. The van der Waals surface area contributed by atoms with Crippen LogP contribution in [0.15, 0.2) is 12.1 Å². The molecule has 4 heteroatoms. The van der Waals surface area contributed by atoms with Gasteiger partial charge in [0.05, 0.1) is 5.69 Å². The molecule has 0 unspecified atom stereocenters. The van der Waals surface area contributed by atoms with Gasteiger partial charge in [0.15, 0.2) is 11.6 Å². The van der Waals surface area contributed by atoms with Crippen LogP contribution in [0.4, 0.5) is 18.9 Å². The number of benzene rings is 1. The Bertz CT molecular complexity index is 366. The van der Waals surface area contributed by atoms with Gasteiger partial charge in [0.25, 0.3) is 0 Å². The molecule has 1 N–H and O–H groups in total. The molecule has 1 aromatic rings. The molecule has 0 saturated heterocycles. The van der Waals surface area contributed by atoms with Crippen molar-refractivity contribution in [3.63, 3.8) is 0 Å². The average molecular weight is 259 g/mol. The Morgan fingerprint density at radius 2 is 1.61 bits per heavy atom. The summed E-state index contributed by atoms with van der Waals surface area (Å²) in [5.74, 6) is -2.93. The third-order valence-corrected chi connectivity index (χ3v) is 2.84. The van der Waals surface area contributed by atoms with E-state index in [1.54, 1.807) is 0 Å². The Morgan fingerprint density at radius 1 is 0.944 bits per heavy atom. The highest BCUT2D eigenvalue weighted by molar-refractivity contribution is 5.45. The highest BCUT2D eigenvalue weighted by Crippen LogP contribution is 2.19. The molecule has 0 amide bonds. The minimum Gasteiger partial charge on any atom is -0.383 e. The van der Waals surface area contributed by atoms with Gasteiger partial charge in [0.1, 0.15) is 5.82 Å². The van der Waals surface area contributed by atoms with Crippen LogP contribution in [0.2, 0.25) is 0 Å². The number of unbranched alkanes of at least 4 members (excludes halogenated alkanes) is 5. The van der Waals surface area contributed by atoms with Crippen LogP contribution >= 0.6 is 0 Å². The monoisotopic (exact) mass is 259 g/mol. The summed E-state index contributed by atoms with van der Waals surface area (Å²) in [6, 6.07) is 1.53. The van der Waals surface area contributed by atoms with E-state index in [4.69, 9.17) is 0 Å². The average Bonchev–Trinajstić information content (AvgIpc) is 2.33. The number of halogens is 3. The SMILES string of the molecule is CCCCCCCCNc1cc(F)cc(F)c1F. The largest absolute Gasteiger partial charge is 0.383 e. The fourth-order valence-corrected chi connectivity index (χ4v) is 1.81. The number of rotatable bonds is 8. The van der Waals surface area contributed by atoms with E-state index in [9.17, 15) is 13.2 Å². The molecule has 1 aromatic carbocycles. The lowest BCUT2D eigenvalue weighted by molar-refractivity contribution is 0.497. The minimum absolute atomic E-state index is 0.0962. The molecule has 1 rings (SSSR count). The molecular weight excluding hydrogens is 239 g/mol. The second kappa shape index (κ2) is 8.01. The molecule has 0 spiro atoms. The summed E-state index contributed by atoms with van der Waals surface area (Å²) in [7, 11) is 0. The molecule has 0 saturated carbocycles. The van der Waals surface area contributed by atoms with Crippen molar-refractivity contribution in [2.24, 2.45) is 0 Å². The predicted molar refractivity (Wildman–Crippen MR) is 68.2 cm³/mol. The molecule has 0 bridgehead atoms. The summed E-state index contributed by atoms with van der Waals surface area (Å²) in [4.78, 5) is 0. The Labute approximate surface area is 106 Å². The maximum Gasteiger partial charge on any atom is 0.182 e. The van der Waals surface area contributed by atoms with Gasteiger partial charge in [-0.3, -0.25) is 0 Å². The van der Waals surface area contributed by atoms with Gasteiger partial charge in [-0.25, -0.2) is 13.2 Å². The van der Waals surface area contributed by atoms with Gasteiger partial charge in [-0.2, -0.15) is 0 Å². The van der Waals surface area contributed by atoms with Crippen LogP contribution in [0.3, 0.4) is 0 Å². The van der Waals surface area contributed by atoms with Gasteiger partial charge >= 0.3 is 0 Å². The summed E-state index contributed by atoms with van der Waals surface area (Å²) < 4.78 is 39.0. The molecule has 1 nitrogen and oxygen atoms in total. The number of hydrogen-bond acceptors (Lipinski definition) is 1. The van der Waals surface area contributed by atoms with Gasteiger partial charge < -0.3 is 5.32 Å². The first-order chi connectivity index (χ1) is 8.65. The van der Waals surface area contributed by atoms with E-state index in [2.05, 4.69) is 12.2 Å². The smallest absolute Gasteiger partial charge is 0.182 e. The fourth-order valence-electron chi connectivity index (χ4n) is 1.81. The van der Waals surface area contributed by atoms with Gasteiger partial charge in [-0.1, -0.05) is 39.0 Å². The van der Waals surface area contributed by atoms with Gasteiger partial charge in [0.2, 0.25) is 0 Å². The van der Waals surface area contributed by atoms with Crippen LogP contribution < -0.4 is 5.32 Å². The van der Waals surface area contributed by atoms with Crippen LogP contribution in [0.25, 0.3) is 0 Å². The van der Waals surface area contributed by atoms with Crippen molar-refractivity contribution in [2.45, 2.75) is 45.4 Å². The van der Waals surface area contributed by atoms with Crippen molar-refractivity contribution < 1.29 is 13.2 Å². The Kier molecular flexibility index (Phi) is 6.61. The summed E-state index contributed by atoms with van der Waals surface area (Å²) in [5.41, 5.74) is -0.0962. The van der Waals surface area contributed by atoms with E-state index in [1.807, 2.05) is 0 Å². The lowest BCUT2D eigenvalue weighted by Crippen LogP contribution is -2.05. The van der Waals surface area contributed by atoms with Crippen LogP contribution in [0.5, 0.6) is 0 Å². The third-order valence-electron chi connectivity index (χ3n) is 2.84. The van der Waals surface area contributed by atoms with E-state index in [1.165, 1.54) is 19.3 Å². The molecule has 102 valence electrons. The van der Waals surface area contributed by atoms with Crippen molar-refractivity contribution in [3.8, 4) is 0 Å². The fraction of sp³-hybridized carbons (Fsp3) is 0.571. The van der Waals surface area contributed by atoms with Gasteiger partial charge in [-0.15, -0.1) is 0 Å². The van der Waals surface area contributed by atoms with Crippen molar-refractivity contribution in [3.05, 3.63) is 29.6 Å². The zero-order valence-electron chi connectivity index (χ0n) is 10.7. The second-order valence-corrected chi connectivity index (χ2v) is 4.44. The molecule has 0 atom stereocenters. The van der Waals surface area contributed by atoms with E-state index in [0.29, 0.717) is 12.6 Å². The third kappa shape index (κ3) is 4.98. The summed E-state index contributed by atoms with van der Waals surface area (Å²) in [5, 5.41) is 2.73. The van der Waals surface area contributed by atoms with Crippen molar-refractivity contribution in [1.29, 1.82) is 0 Å². The standard InChI is InChI=1S/C14H20F3N/c1-2-3-4-5-6-7-8-18-13-10-11(15)9-12(16)14(13)17/h9-10,18H,2-8H2,1H3. The van der Waals surface area contributed by atoms with Crippen LogP contribution in [0.1, 0.15) is 45.4 Å². The Hall–Kier alpha value is -1.19. The van der Waals surface area contributed by atoms with Crippen LogP contribution in [0, 0.1) is 17.5 Å². The Balaban J connectivity index is 2.27. The highest BCUT2D eigenvalue weighted by atomic mass is 19.2. The predicted octanol–water partition coefficient (Wildman–Crippen LogP) is 4.88. The first-order valence-electron chi connectivity index (χ1n) is 6.53. The van der Waals surface area contributed by atoms with Crippen molar-refractivity contribution in [2.75, 3.05) is 11.9 Å². The van der Waals surface area contributed by atoms with E-state index in [-0.39, 0.29) is 5.69 Å². The number of hydrogen-bond donors (Lipinski definition) is 1. The van der Waals surface area contributed by atoms with E-state index in [0.717, 1.165) is 25.3 Å². The maximum atomic E-state index is 13.3. The summed E-state index contributed by atoms with van der Waals surface area (Å²) >= 11 is 0. The number of anilines is 1. The lowest BCUT2D eigenvalue weighted by Gasteiger charge is -2.08. The molecular formula is C14H20F3N. The Morgan fingerprint density at radius 3 is 2.33 bits per heavy atom. The maximum absolute atomic E-state index is 13.3. The first kappa shape index (κ1) is 14.9. The molecule has 0 aliphatic heterocycles. The topological polar surface area (TPSA) is 12.0 Å². The van der Waals surface area contributed by atoms with Crippen LogP contribution in [-0.2, 0) is 0 Å². The molecule has 0 aliphatic rings. The first-order valence-corrected chi connectivity index (χ1v) is 6.53. The van der Waals surface area contributed by atoms with E-state index >= 15 is 0 Å². The van der Waals surface area contributed by atoms with Crippen molar-refractivity contribution in [1.82, 2.24) is 0 Å².